The van der Waals surface area contributed by atoms with Crippen LogP contribution in [0, 0.1) is 5.41 Å². The highest BCUT2D eigenvalue weighted by Gasteiger charge is 2.28. The second-order valence-corrected chi connectivity index (χ2v) is 7.79. The highest BCUT2D eigenvalue weighted by molar-refractivity contribution is 5.84. The maximum atomic E-state index is 9.97. The molecule has 0 aliphatic rings. The van der Waals surface area contributed by atoms with Crippen molar-refractivity contribution in [3.8, 4) is 17.2 Å². The van der Waals surface area contributed by atoms with E-state index >= 15 is 0 Å². The summed E-state index contributed by atoms with van der Waals surface area (Å²) in [6, 6.07) is 20.8. The Morgan fingerprint density at radius 2 is 0.879 bits per heavy atom. The quantitative estimate of drug-likeness (QED) is 0.358. The smallest absolute Gasteiger partial charge is 0.124 e. The Kier molecular flexibility index (Phi) is 8.32. The standard InChI is InChI=1S/C26H28N4O3/c27-16-26(17-28-13-20-7-1-4-10-23(20)31,18-29-14-21-8-2-5-11-24(21)32)19-30-15-22-9-3-6-12-25(22)33/h1-15,31-33H,16-19,27H2. The number of benzene rings is 3. The first-order chi connectivity index (χ1) is 16.0. The van der Waals surface area contributed by atoms with E-state index in [1.807, 2.05) is 18.2 Å². The van der Waals surface area contributed by atoms with E-state index < -0.39 is 5.41 Å². The van der Waals surface area contributed by atoms with E-state index in [0.717, 1.165) is 0 Å². The molecule has 3 rings (SSSR count). The van der Waals surface area contributed by atoms with Crippen molar-refractivity contribution in [3.63, 3.8) is 0 Å². The summed E-state index contributed by atoms with van der Waals surface area (Å²) in [7, 11) is 0. The molecule has 170 valence electrons. The highest BCUT2D eigenvalue weighted by Crippen LogP contribution is 2.21. The van der Waals surface area contributed by atoms with Crippen molar-refractivity contribution in [2.24, 2.45) is 26.1 Å². The van der Waals surface area contributed by atoms with Gasteiger partial charge in [-0.05, 0) is 36.4 Å². The fourth-order valence-corrected chi connectivity index (χ4v) is 3.15. The van der Waals surface area contributed by atoms with E-state index in [2.05, 4.69) is 15.0 Å². The monoisotopic (exact) mass is 444 g/mol. The van der Waals surface area contributed by atoms with Gasteiger partial charge in [0.05, 0.1) is 0 Å². The summed E-state index contributed by atoms with van der Waals surface area (Å²) in [6.07, 6.45) is 4.83. The van der Waals surface area contributed by atoms with E-state index in [4.69, 9.17) is 5.73 Å². The van der Waals surface area contributed by atoms with Gasteiger partial charge < -0.3 is 21.1 Å². The summed E-state index contributed by atoms with van der Waals surface area (Å²) in [5.41, 5.74) is 7.40. The number of phenols is 3. The Labute approximate surface area is 193 Å². The van der Waals surface area contributed by atoms with Gasteiger partial charge in [0.2, 0.25) is 0 Å². The number of aromatic hydroxyl groups is 3. The minimum absolute atomic E-state index is 0.148. The maximum absolute atomic E-state index is 9.97. The van der Waals surface area contributed by atoms with E-state index in [1.165, 1.54) is 0 Å². The molecule has 0 saturated carbocycles. The molecule has 0 radical (unpaired) electrons. The average molecular weight is 445 g/mol. The lowest BCUT2D eigenvalue weighted by Crippen LogP contribution is -2.39. The van der Waals surface area contributed by atoms with Crippen LogP contribution in [0.1, 0.15) is 16.7 Å². The molecule has 7 nitrogen and oxygen atoms in total. The van der Waals surface area contributed by atoms with Crippen molar-refractivity contribution < 1.29 is 15.3 Å². The lowest BCUT2D eigenvalue weighted by atomic mass is 9.88. The molecule has 33 heavy (non-hydrogen) atoms. The van der Waals surface area contributed by atoms with Gasteiger partial charge in [0.15, 0.2) is 0 Å². The summed E-state index contributed by atoms with van der Waals surface area (Å²) in [5, 5.41) is 29.9. The predicted octanol–water partition coefficient (Wildman–Crippen LogP) is 3.41. The molecule has 0 amide bonds. The number of para-hydroxylation sites is 3. The van der Waals surface area contributed by atoms with Crippen LogP contribution in [0.2, 0.25) is 0 Å². The van der Waals surface area contributed by atoms with Gasteiger partial charge >= 0.3 is 0 Å². The Bertz CT molecular complexity index is 1000. The molecule has 3 aromatic carbocycles. The van der Waals surface area contributed by atoms with Crippen LogP contribution in [-0.2, 0) is 0 Å². The number of phenolic OH excluding ortho intramolecular Hbond substituents is 3. The molecule has 0 spiro atoms. The maximum Gasteiger partial charge on any atom is 0.124 e. The molecule has 0 unspecified atom stereocenters. The lowest BCUT2D eigenvalue weighted by Gasteiger charge is -2.27. The lowest BCUT2D eigenvalue weighted by molar-refractivity contribution is 0.337. The van der Waals surface area contributed by atoms with Crippen LogP contribution >= 0.6 is 0 Å². The van der Waals surface area contributed by atoms with Crippen LogP contribution in [0.5, 0.6) is 17.2 Å². The molecule has 0 bridgehead atoms. The van der Waals surface area contributed by atoms with Gasteiger partial charge in [-0.1, -0.05) is 36.4 Å². The Morgan fingerprint density at radius 1 is 0.576 bits per heavy atom. The third-order valence-corrected chi connectivity index (χ3v) is 5.21. The molecule has 0 aromatic heterocycles. The van der Waals surface area contributed by atoms with Gasteiger partial charge in [0, 0.05) is 66.9 Å². The van der Waals surface area contributed by atoms with E-state index in [-0.39, 0.29) is 23.8 Å². The summed E-state index contributed by atoms with van der Waals surface area (Å²) in [5.74, 6) is 0.444. The van der Waals surface area contributed by atoms with Crippen molar-refractivity contribution in [1.29, 1.82) is 0 Å². The van der Waals surface area contributed by atoms with Crippen LogP contribution in [0.15, 0.2) is 87.8 Å². The summed E-state index contributed by atoms with van der Waals surface area (Å²) >= 11 is 0. The highest BCUT2D eigenvalue weighted by atomic mass is 16.3. The molecule has 7 heteroatoms. The number of hydrogen-bond acceptors (Lipinski definition) is 7. The number of rotatable bonds is 10. The van der Waals surface area contributed by atoms with Crippen LogP contribution in [0.3, 0.4) is 0 Å². The number of hydrogen-bond donors (Lipinski definition) is 4. The first kappa shape index (κ1) is 23.7. The summed E-state index contributed by atoms with van der Waals surface area (Å²) < 4.78 is 0. The van der Waals surface area contributed by atoms with Gasteiger partial charge in [0.1, 0.15) is 17.2 Å². The van der Waals surface area contributed by atoms with Crippen molar-refractivity contribution in [1.82, 2.24) is 0 Å². The Hall–Kier alpha value is -3.97. The molecular formula is C26H28N4O3. The second-order valence-electron chi connectivity index (χ2n) is 7.79. The van der Waals surface area contributed by atoms with Gasteiger partial charge in [0.25, 0.3) is 0 Å². The van der Waals surface area contributed by atoms with Gasteiger partial charge in [-0.15, -0.1) is 0 Å². The van der Waals surface area contributed by atoms with E-state index in [1.54, 1.807) is 73.2 Å². The zero-order chi connectivity index (χ0) is 23.5. The van der Waals surface area contributed by atoms with Gasteiger partial charge in [-0.2, -0.15) is 0 Å². The zero-order valence-electron chi connectivity index (χ0n) is 18.2. The first-order valence-electron chi connectivity index (χ1n) is 10.6. The normalized spacial score (nSPS) is 13.7. The van der Waals surface area contributed by atoms with Crippen molar-refractivity contribution in [3.05, 3.63) is 89.5 Å². The van der Waals surface area contributed by atoms with Crippen LogP contribution < -0.4 is 5.73 Å². The molecule has 0 fully saturated rings. The molecule has 0 saturated heterocycles. The minimum atomic E-state index is -0.595. The van der Waals surface area contributed by atoms with Crippen LogP contribution in [0.4, 0.5) is 0 Å². The fraction of sp³-hybridized carbons (Fsp3) is 0.192. The van der Waals surface area contributed by atoms with Crippen molar-refractivity contribution in [2.45, 2.75) is 0 Å². The second kappa shape index (κ2) is 11.6. The van der Waals surface area contributed by atoms with Crippen LogP contribution in [0.25, 0.3) is 0 Å². The van der Waals surface area contributed by atoms with E-state index in [0.29, 0.717) is 36.3 Å². The number of nitrogens with zero attached hydrogens (tertiary/aromatic N) is 3. The van der Waals surface area contributed by atoms with Gasteiger partial charge in [-0.25, -0.2) is 0 Å². The largest absolute Gasteiger partial charge is 0.507 e. The third kappa shape index (κ3) is 6.75. The summed E-state index contributed by atoms with van der Waals surface area (Å²) in [6.45, 7) is 1.25. The SMILES string of the molecule is NCC(CN=Cc1ccccc1O)(CN=Cc1ccccc1O)CN=Cc1ccccc1O. The molecular weight excluding hydrogens is 416 g/mol. The zero-order valence-corrected chi connectivity index (χ0v) is 18.2. The number of aliphatic imine (C=N–C) groups is 3. The molecule has 0 aliphatic heterocycles. The molecule has 3 aromatic rings. The van der Waals surface area contributed by atoms with Gasteiger partial charge in [-0.3, -0.25) is 15.0 Å². The molecule has 5 N–H and O–H groups in total. The van der Waals surface area contributed by atoms with Crippen molar-refractivity contribution >= 4 is 18.6 Å². The minimum Gasteiger partial charge on any atom is -0.507 e. The fourth-order valence-electron chi connectivity index (χ4n) is 3.15. The number of nitrogens with two attached hydrogens (primary N) is 1. The summed E-state index contributed by atoms with van der Waals surface area (Å²) in [4.78, 5) is 13.6. The molecule has 0 aliphatic carbocycles. The first-order valence-corrected chi connectivity index (χ1v) is 10.6. The molecule has 0 heterocycles. The molecule has 0 atom stereocenters. The Morgan fingerprint density at radius 3 is 1.15 bits per heavy atom. The Balaban J connectivity index is 1.80. The van der Waals surface area contributed by atoms with Crippen LogP contribution in [-0.4, -0.2) is 60.1 Å². The predicted molar refractivity (Wildman–Crippen MR) is 133 cm³/mol. The van der Waals surface area contributed by atoms with Crippen molar-refractivity contribution in [2.75, 3.05) is 26.2 Å². The average Bonchev–Trinajstić information content (AvgIpc) is 2.82. The third-order valence-electron chi connectivity index (χ3n) is 5.21. The topological polar surface area (TPSA) is 124 Å². The van der Waals surface area contributed by atoms with E-state index in [9.17, 15) is 15.3 Å².